The number of rotatable bonds is 6. The Kier molecular flexibility index (Phi) is 12.7. The Labute approximate surface area is 247 Å². The molecule has 3 aromatic rings. The van der Waals surface area contributed by atoms with Crippen LogP contribution in [-0.2, 0) is 11.2 Å². The highest BCUT2D eigenvalue weighted by Gasteiger charge is 2.15. The molecule has 1 fully saturated rings. The van der Waals surface area contributed by atoms with Crippen molar-refractivity contribution in [2.24, 2.45) is 9.98 Å². The van der Waals surface area contributed by atoms with Crippen molar-refractivity contribution in [1.82, 2.24) is 9.88 Å². The van der Waals surface area contributed by atoms with Gasteiger partial charge in [-0.15, -0.1) is 0 Å². The van der Waals surface area contributed by atoms with Crippen LogP contribution >= 0.6 is 0 Å². The van der Waals surface area contributed by atoms with Gasteiger partial charge in [-0.05, 0) is 93.0 Å². The van der Waals surface area contributed by atoms with Crippen molar-refractivity contribution in [2.75, 3.05) is 20.1 Å². The Hall–Kier alpha value is -3.86. The van der Waals surface area contributed by atoms with Crippen LogP contribution in [0.4, 0.5) is 0 Å². The number of hydrogen-bond donors (Lipinski definition) is 0. The molecule has 0 bridgehead atoms. The molecule has 0 saturated carbocycles. The van der Waals surface area contributed by atoms with E-state index in [9.17, 15) is 4.79 Å². The maximum absolute atomic E-state index is 11.7. The molecule has 0 atom stereocenters. The lowest BCUT2D eigenvalue weighted by atomic mass is 10.00. The summed E-state index contributed by atoms with van der Waals surface area (Å²) in [4.78, 5) is 27.1. The van der Waals surface area contributed by atoms with E-state index >= 15 is 0 Å². The van der Waals surface area contributed by atoms with E-state index in [0.29, 0.717) is 6.42 Å². The van der Waals surface area contributed by atoms with Gasteiger partial charge in [0.15, 0.2) is 5.84 Å². The summed E-state index contributed by atoms with van der Waals surface area (Å²) in [6, 6.07) is 20.8. The van der Waals surface area contributed by atoms with E-state index in [0.717, 1.165) is 67.1 Å². The number of nitrogens with zero attached hydrogens (tertiary/aromatic N) is 4. The van der Waals surface area contributed by atoms with Crippen LogP contribution in [0.15, 0.2) is 82.4 Å². The first-order valence-electron chi connectivity index (χ1n) is 14.9. The number of amidine groups is 1. The zero-order chi connectivity index (χ0) is 29.6. The molecule has 1 aliphatic rings. The van der Waals surface area contributed by atoms with Crippen LogP contribution in [0, 0.1) is 13.8 Å². The van der Waals surface area contributed by atoms with Gasteiger partial charge < -0.3 is 4.90 Å². The molecule has 41 heavy (non-hydrogen) atoms. The minimum atomic E-state index is 0.273. The monoisotopic (exact) mass is 550 g/mol. The van der Waals surface area contributed by atoms with Crippen molar-refractivity contribution >= 4 is 23.5 Å². The summed E-state index contributed by atoms with van der Waals surface area (Å²) in [6.45, 7) is 12.2. The molecule has 0 N–H and O–H groups in total. The number of benzene rings is 2. The van der Waals surface area contributed by atoms with E-state index in [4.69, 9.17) is 4.99 Å². The van der Waals surface area contributed by atoms with Gasteiger partial charge in [0, 0.05) is 44.0 Å². The highest BCUT2D eigenvalue weighted by molar-refractivity contribution is 6.11. The molecule has 2 heterocycles. The van der Waals surface area contributed by atoms with Crippen molar-refractivity contribution in [3.63, 3.8) is 0 Å². The summed E-state index contributed by atoms with van der Waals surface area (Å²) in [5.74, 6) is 1.04. The second-order valence-corrected chi connectivity index (χ2v) is 10.7. The lowest BCUT2D eigenvalue weighted by Crippen LogP contribution is -2.30. The van der Waals surface area contributed by atoms with Crippen molar-refractivity contribution < 1.29 is 4.79 Å². The van der Waals surface area contributed by atoms with E-state index < -0.39 is 0 Å². The van der Waals surface area contributed by atoms with Gasteiger partial charge in [0.1, 0.15) is 0 Å². The highest BCUT2D eigenvalue weighted by atomic mass is 16.2. The van der Waals surface area contributed by atoms with E-state index in [1.54, 1.807) is 7.05 Å². The number of likely N-dealkylation sites (tertiary alicyclic amines) is 1. The number of carbonyl (C=O) groups excluding carboxylic acids is 1. The Morgan fingerprint density at radius 1 is 0.976 bits per heavy atom. The van der Waals surface area contributed by atoms with Gasteiger partial charge in [-0.25, -0.2) is 4.99 Å². The second-order valence-electron chi connectivity index (χ2n) is 10.7. The lowest BCUT2D eigenvalue weighted by molar-refractivity contribution is -0.130. The number of aryl methyl sites for hydroxylation is 3. The van der Waals surface area contributed by atoms with Gasteiger partial charge in [0.2, 0.25) is 5.91 Å². The standard InChI is InChI=1S/C20H24N2.C16H22N2O/c1-5-9-17-12-13-19(14-15(17)2)16(3)22-20(21-4)18-10-7-6-8-11-18;1-3-16(19)18-9-4-5-14(7-10-18)12-15-11-13(2)6-8-17-15/h6-8,10-14H,5,9H2,1-4H3;6,8,11-12H,3-5,7,9-10H2,1-2H3/b;14-12-. The van der Waals surface area contributed by atoms with Crippen LogP contribution < -0.4 is 0 Å². The third-order valence-corrected chi connectivity index (χ3v) is 7.37. The molecule has 1 aromatic heterocycles. The fraction of sp³-hybridized carbons (Fsp3) is 0.389. The molecule has 216 valence electrons. The number of amides is 1. The number of hydrogen-bond acceptors (Lipinski definition) is 3. The highest BCUT2D eigenvalue weighted by Crippen LogP contribution is 2.20. The SMILES string of the molecule is CCC(=O)N1CCC/C(=C/c2cc(C)ccn2)CC1.CCCc1ccc(C(C)=NC(=NC)c2ccccc2)cc1C. The molecular formula is C36H46N4O. The van der Waals surface area contributed by atoms with Gasteiger partial charge in [-0.2, -0.15) is 0 Å². The van der Waals surface area contributed by atoms with E-state index in [2.05, 4.69) is 61.1 Å². The summed E-state index contributed by atoms with van der Waals surface area (Å²) in [6.07, 6.45) is 10.1. The van der Waals surface area contributed by atoms with E-state index in [-0.39, 0.29) is 5.91 Å². The van der Waals surface area contributed by atoms with Crippen LogP contribution in [0.25, 0.3) is 6.08 Å². The summed E-state index contributed by atoms with van der Waals surface area (Å²) < 4.78 is 0. The Morgan fingerprint density at radius 3 is 2.41 bits per heavy atom. The van der Waals surface area contributed by atoms with Gasteiger partial charge in [0.05, 0.1) is 5.69 Å². The summed E-state index contributed by atoms with van der Waals surface area (Å²) in [7, 11) is 1.79. The van der Waals surface area contributed by atoms with Crippen molar-refractivity contribution in [1.29, 1.82) is 0 Å². The molecule has 0 radical (unpaired) electrons. The topological polar surface area (TPSA) is 57.9 Å². The van der Waals surface area contributed by atoms with E-state index in [1.807, 2.05) is 61.3 Å². The number of pyridine rings is 1. The molecular weight excluding hydrogens is 504 g/mol. The third kappa shape index (κ3) is 9.93. The summed E-state index contributed by atoms with van der Waals surface area (Å²) >= 11 is 0. The van der Waals surface area contributed by atoms with Crippen molar-refractivity contribution in [2.45, 2.75) is 73.1 Å². The first-order chi connectivity index (χ1) is 19.8. The lowest BCUT2D eigenvalue weighted by Gasteiger charge is -2.18. The van der Waals surface area contributed by atoms with E-state index in [1.165, 1.54) is 28.7 Å². The molecule has 4 rings (SSSR count). The third-order valence-electron chi connectivity index (χ3n) is 7.37. The normalized spacial score (nSPS) is 15.3. The largest absolute Gasteiger partial charge is 0.342 e. The van der Waals surface area contributed by atoms with Gasteiger partial charge in [0.25, 0.3) is 0 Å². The zero-order valence-corrected chi connectivity index (χ0v) is 25.8. The predicted octanol–water partition coefficient (Wildman–Crippen LogP) is 8.03. The number of aliphatic imine (C=N–C) groups is 2. The first kappa shape index (κ1) is 31.7. The molecule has 2 aromatic carbocycles. The van der Waals surface area contributed by atoms with Crippen LogP contribution in [0.5, 0.6) is 0 Å². The molecule has 1 aliphatic heterocycles. The first-order valence-corrected chi connectivity index (χ1v) is 14.9. The predicted molar refractivity (Wildman–Crippen MR) is 174 cm³/mol. The van der Waals surface area contributed by atoms with Crippen LogP contribution in [0.2, 0.25) is 0 Å². The molecule has 0 spiro atoms. The summed E-state index contributed by atoms with van der Waals surface area (Å²) in [5.41, 5.74) is 9.64. The molecule has 0 aliphatic carbocycles. The number of carbonyl (C=O) groups is 1. The quantitative estimate of drug-likeness (QED) is 0.230. The Morgan fingerprint density at radius 2 is 1.76 bits per heavy atom. The van der Waals surface area contributed by atoms with Gasteiger partial charge in [-0.3, -0.25) is 14.8 Å². The van der Waals surface area contributed by atoms with Crippen LogP contribution in [0.1, 0.15) is 86.4 Å². The molecule has 0 unspecified atom stereocenters. The fourth-order valence-corrected chi connectivity index (χ4v) is 5.00. The second kappa shape index (κ2) is 16.4. The van der Waals surface area contributed by atoms with Crippen molar-refractivity contribution in [3.8, 4) is 0 Å². The zero-order valence-electron chi connectivity index (χ0n) is 25.8. The smallest absolute Gasteiger partial charge is 0.222 e. The Balaban J connectivity index is 0.000000228. The van der Waals surface area contributed by atoms with Gasteiger partial charge >= 0.3 is 0 Å². The average Bonchev–Trinajstić information content (AvgIpc) is 3.23. The molecule has 5 nitrogen and oxygen atoms in total. The van der Waals surface area contributed by atoms with Crippen molar-refractivity contribution in [3.05, 3.63) is 106 Å². The minimum absolute atomic E-state index is 0.273. The number of aromatic nitrogens is 1. The maximum Gasteiger partial charge on any atom is 0.222 e. The summed E-state index contributed by atoms with van der Waals surface area (Å²) in [5, 5.41) is 0. The molecule has 5 heteroatoms. The molecule has 1 amide bonds. The van der Waals surface area contributed by atoms with Crippen LogP contribution in [-0.4, -0.2) is 47.5 Å². The van der Waals surface area contributed by atoms with Crippen LogP contribution in [0.3, 0.4) is 0 Å². The maximum atomic E-state index is 11.7. The fourth-order valence-electron chi connectivity index (χ4n) is 5.00. The van der Waals surface area contributed by atoms with Gasteiger partial charge in [-0.1, -0.05) is 68.3 Å². The minimum Gasteiger partial charge on any atom is -0.342 e. The molecule has 1 saturated heterocycles. The Bertz CT molecular complexity index is 1370. The average molecular weight is 551 g/mol.